The molecule has 3 aromatic rings. The van der Waals surface area contributed by atoms with Gasteiger partial charge in [-0.05, 0) is 57.2 Å². The molecule has 0 saturated heterocycles. The lowest BCUT2D eigenvalue weighted by atomic mass is 9.93. The molecule has 9 nitrogen and oxygen atoms in total. The third kappa shape index (κ3) is 4.39. The predicted molar refractivity (Wildman–Crippen MR) is 153 cm³/mol. The molecule has 0 fully saturated rings. The van der Waals surface area contributed by atoms with E-state index in [-0.39, 0.29) is 21.9 Å². The Hall–Kier alpha value is -3.70. The zero-order valence-electron chi connectivity index (χ0n) is 22.1. The van der Waals surface area contributed by atoms with Gasteiger partial charge in [-0.3, -0.25) is 19.0 Å². The summed E-state index contributed by atoms with van der Waals surface area (Å²) in [6.07, 6.45) is 0. The fourth-order valence-electron chi connectivity index (χ4n) is 5.04. The minimum absolute atomic E-state index is 0.220. The van der Waals surface area contributed by atoms with Crippen LogP contribution in [0.15, 0.2) is 61.9 Å². The van der Waals surface area contributed by atoms with Gasteiger partial charge in [-0.2, -0.15) is 0 Å². The van der Waals surface area contributed by atoms with Crippen molar-refractivity contribution in [3.63, 3.8) is 0 Å². The van der Waals surface area contributed by atoms with Gasteiger partial charge in [-0.1, -0.05) is 27.3 Å². The number of nitrogens with one attached hydrogen (secondary N) is 1. The highest BCUT2D eigenvalue weighted by molar-refractivity contribution is 9.10. The van der Waals surface area contributed by atoms with Crippen LogP contribution in [0.1, 0.15) is 37.9 Å². The van der Waals surface area contributed by atoms with Gasteiger partial charge in [0.2, 0.25) is 0 Å². The van der Waals surface area contributed by atoms with Crippen molar-refractivity contribution < 1.29 is 19.1 Å². The number of thiazole rings is 1. The number of rotatable bonds is 6. The van der Waals surface area contributed by atoms with Crippen LogP contribution in [0.2, 0.25) is 0 Å². The number of benzene rings is 2. The molecule has 1 N–H and O–H groups in total. The van der Waals surface area contributed by atoms with Gasteiger partial charge >= 0.3 is 0 Å². The maximum Gasteiger partial charge on any atom is 0.271 e. The zero-order valence-corrected chi connectivity index (χ0v) is 24.5. The number of carbonyl (C=O) groups is 2. The van der Waals surface area contributed by atoms with Crippen molar-refractivity contribution in [2.75, 3.05) is 32.6 Å². The summed E-state index contributed by atoms with van der Waals surface area (Å²) in [5.74, 6) is 0.460. The van der Waals surface area contributed by atoms with Crippen molar-refractivity contribution in [1.29, 1.82) is 0 Å². The number of amides is 2. The highest BCUT2D eigenvalue weighted by Crippen LogP contribution is 2.38. The summed E-state index contributed by atoms with van der Waals surface area (Å²) >= 11 is 4.59. The Kier molecular flexibility index (Phi) is 7.21. The van der Waals surface area contributed by atoms with Gasteiger partial charge < -0.3 is 19.7 Å². The Labute approximate surface area is 237 Å². The molecule has 0 spiro atoms. The fraction of sp³-hybridized carbons (Fsp3) is 0.286. The lowest BCUT2D eigenvalue weighted by molar-refractivity contribution is -0.127. The van der Waals surface area contributed by atoms with Crippen LogP contribution in [0.3, 0.4) is 0 Å². The molecular formula is C28H27BrN4O5S. The average molecular weight is 612 g/mol. The van der Waals surface area contributed by atoms with Gasteiger partial charge in [0.05, 0.1) is 31.1 Å². The molecule has 2 aliphatic heterocycles. The number of halogens is 1. The summed E-state index contributed by atoms with van der Waals surface area (Å²) in [5.41, 5.74) is 2.58. The van der Waals surface area contributed by atoms with E-state index in [1.165, 1.54) is 11.7 Å². The number of methoxy groups -OCH3 is 2. The van der Waals surface area contributed by atoms with Gasteiger partial charge in [-0.15, -0.1) is 0 Å². The number of hydrogen-bond donors (Lipinski definition) is 1. The molecule has 0 radical (unpaired) electrons. The number of allylic oxidation sites excluding steroid dienone is 1. The van der Waals surface area contributed by atoms with Crippen LogP contribution >= 0.6 is 27.3 Å². The van der Waals surface area contributed by atoms with Crippen LogP contribution < -0.4 is 29.7 Å². The van der Waals surface area contributed by atoms with Crippen LogP contribution in [0.25, 0.3) is 5.57 Å². The molecule has 0 bridgehead atoms. The largest absolute Gasteiger partial charge is 0.497 e. The molecule has 0 aliphatic carbocycles. The van der Waals surface area contributed by atoms with E-state index in [0.29, 0.717) is 57.5 Å². The number of ether oxygens (including phenoxy) is 2. The smallest absolute Gasteiger partial charge is 0.271 e. The number of fused-ring (bicyclic) bond motifs is 2. The second-order valence-electron chi connectivity index (χ2n) is 9.01. The van der Waals surface area contributed by atoms with Crippen molar-refractivity contribution in [1.82, 2.24) is 9.47 Å². The highest BCUT2D eigenvalue weighted by atomic mass is 79.9. The molecule has 0 unspecified atom stereocenters. The molecule has 1 aromatic heterocycles. The Bertz CT molecular complexity index is 1740. The minimum atomic E-state index is -0.847. The van der Waals surface area contributed by atoms with Gasteiger partial charge in [0.15, 0.2) is 4.80 Å². The standard InChI is InChI=1S/C28H27BrN4O5S/c1-6-32(7-2)26(35)21-14(3)30-28-33(23(21)18-13-16(37-4)9-11-20(18)38-5)27(36)24(39-28)22-17-12-15(29)8-10-19(17)31-25(22)34/h8-13,23H,6-7H2,1-5H3,(H,31,34)/b24-22+/t23-/m0/s1. The molecule has 3 heterocycles. The molecule has 5 rings (SSSR count). The van der Waals surface area contributed by atoms with Gasteiger partial charge in [-0.25, -0.2) is 4.99 Å². The molecule has 1 atom stereocenters. The molecule has 11 heteroatoms. The van der Waals surface area contributed by atoms with E-state index >= 15 is 0 Å². The topological polar surface area (TPSA) is 102 Å². The summed E-state index contributed by atoms with van der Waals surface area (Å²) in [4.78, 5) is 48.0. The van der Waals surface area contributed by atoms with Crippen LogP contribution in [0, 0.1) is 0 Å². The van der Waals surface area contributed by atoms with E-state index in [0.717, 1.165) is 15.8 Å². The number of nitrogens with zero attached hydrogens (tertiary/aromatic N) is 3. The first kappa shape index (κ1) is 26.9. The molecular weight excluding hydrogens is 584 g/mol. The number of hydrogen-bond acceptors (Lipinski definition) is 7. The van der Waals surface area contributed by atoms with Crippen LogP contribution in [-0.2, 0) is 9.59 Å². The van der Waals surface area contributed by atoms with Crippen molar-refractivity contribution in [2.24, 2.45) is 4.99 Å². The number of carbonyl (C=O) groups excluding carboxylic acids is 2. The monoisotopic (exact) mass is 610 g/mol. The van der Waals surface area contributed by atoms with E-state index in [1.807, 2.05) is 26.0 Å². The third-order valence-corrected chi connectivity index (χ3v) is 8.51. The van der Waals surface area contributed by atoms with Gasteiger partial charge in [0.25, 0.3) is 17.4 Å². The second-order valence-corrected chi connectivity index (χ2v) is 10.9. The third-order valence-electron chi connectivity index (χ3n) is 6.96. The van der Waals surface area contributed by atoms with Gasteiger partial charge in [0.1, 0.15) is 22.1 Å². The van der Waals surface area contributed by atoms with Gasteiger partial charge in [0, 0.05) is 34.4 Å². The molecule has 2 aliphatic rings. The lowest BCUT2D eigenvalue weighted by Crippen LogP contribution is -2.43. The maximum atomic E-state index is 14.2. The Morgan fingerprint density at radius 2 is 1.87 bits per heavy atom. The Morgan fingerprint density at radius 1 is 1.13 bits per heavy atom. The van der Waals surface area contributed by atoms with E-state index in [2.05, 4.69) is 21.2 Å². The predicted octanol–water partition coefficient (Wildman–Crippen LogP) is 3.21. The quantitative estimate of drug-likeness (QED) is 0.462. The minimum Gasteiger partial charge on any atom is -0.497 e. The first-order valence-corrected chi connectivity index (χ1v) is 14.0. The number of likely N-dealkylation sites (N-methyl/N-ethyl adjacent to an activating group) is 1. The second kappa shape index (κ2) is 10.5. The average Bonchev–Trinajstić information content (AvgIpc) is 3.42. The van der Waals surface area contributed by atoms with E-state index in [9.17, 15) is 14.4 Å². The fourth-order valence-corrected chi connectivity index (χ4v) is 6.54. The lowest BCUT2D eigenvalue weighted by Gasteiger charge is -2.30. The molecule has 2 aromatic carbocycles. The molecule has 202 valence electrons. The molecule has 0 saturated carbocycles. The number of anilines is 1. The Morgan fingerprint density at radius 3 is 2.54 bits per heavy atom. The first-order chi connectivity index (χ1) is 18.7. The summed E-state index contributed by atoms with van der Waals surface area (Å²) in [6.45, 7) is 6.57. The van der Waals surface area contributed by atoms with E-state index in [4.69, 9.17) is 14.5 Å². The van der Waals surface area contributed by atoms with Crippen molar-refractivity contribution in [3.8, 4) is 11.5 Å². The first-order valence-electron chi connectivity index (χ1n) is 12.4. The SMILES string of the molecule is CCN(CC)C(=O)C1=C(C)N=c2s/c(=C3/C(=O)Nc4ccc(Br)cc43)c(=O)n2[C@H]1c1cc(OC)ccc1OC. The summed E-state index contributed by atoms with van der Waals surface area (Å²) in [7, 11) is 3.09. The van der Waals surface area contributed by atoms with Crippen molar-refractivity contribution in [3.05, 3.63) is 83.0 Å². The van der Waals surface area contributed by atoms with Crippen LogP contribution in [-0.4, -0.2) is 48.6 Å². The summed E-state index contributed by atoms with van der Waals surface area (Å²) in [5, 5.41) is 2.85. The normalized spacial score (nSPS) is 17.3. The zero-order chi connectivity index (χ0) is 28.0. The maximum absolute atomic E-state index is 14.2. The van der Waals surface area contributed by atoms with Crippen LogP contribution in [0.4, 0.5) is 5.69 Å². The number of aromatic nitrogens is 1. The summed E-state index contributed by atoms with van der Waals surface area (Å²) in [6, 6.07) is 9.86. The van der Waals surface area contributed by atoms with E-state index in [1.54, 1.807) is 43.2 Å². The Balaban J connectivity index is 1.86. The van der Waals surface area contributed by atoms with Crippen LogP contribution in [0.5, 0.6) is 11.5 Å². The van der Waals surface area contributed by atoms with E-state index < -0.39 is 11.6 Å². The molecule has 2 amide bonds. The summed E-state index contributed by atoms with van der Waals surface area (Å²) < 4.78 is 13.7. The van der Waals surface area contributed by atoms with Crippen molar-refractivity contribution in [2.45, 2.75) is 26.8 Å². The highest BCUT2D eigenvalue weighted by Gasteiger charge is 2.37. The molecule has 39 heavy (non-hydrogen) atoms. The van der Waals surface area contributed by atoms with Crippen molar-refractivity contribution >= 4 is 50.3 Å².